The minimum atomic E-state index is -0.272. The maximum absolute atomic E-state index is 13.2. The van der Waals surface area contributed by atoms with Crippen LogP contribution in [0.4, 0.5) is 15.9 Å². The van der Waals surface area contributed by atoms with Crippen LogP contribution in [0.25, 0.3) is 11.3 Å². The lowest BCUT2D eigenvalue weighted by Crippen LogP contribution is -2.38. The van der Waals surface area contributed by atoms with E-state index in [9.17, 15) is 9.18 Å². The number of hydrogen-bond donors (Lipinski definition) is 1. The van der Waals surface area contributed by atoms with Crippen LogP contribution >= 0.6 is 15.9 Å². The highest BCUT2D eigenvalue weighted by Crippen LogP contribution is 2.26. The molecule has 7 heteroatoms. The van der Waals surface area contributed by atoms with Crippen LogP contribution in [-0.4, -0.2) is 29.0 Å². The number of piperidine rings is 1. The first-order valence-electron chi connectivity index (χ1n) is 9.48. The Morgan fingerprint density at radius 3 is 2.55 bits per heavy atom. The molecule has 1 saturated heterocycles. The number of amides is 1. The first kappa shape index (κ1) is 19.5. The van der Waals surface area contributed by atoms with Crippen molar-refractivity contribution in [2.75, 3.05) is 23.3 Å². The number of halogens is 2. The highest BCUT2D eigenvalue weighted by atomic mass is 79.9. The molecule has 1 aliphatic rings. The molecule has 148 valence electrons. The van der Waals surface area contributed by atoms with E-state index in [4.69, 9.17) is 0 Å². The van der Waals surface area contributed by atoms with Gasteiger partial charge < -0.3 is 10.2 Å². The SMILES string of the molecule is O=C(Nc1cccc(Br)c1)C1CCN(c2cc(-c3ccc(F)cc3)ncn2)CC1. The smallest absolute Gasteiger partial charge is 0.227 e. The first-order valence-corrected chi connectivity index (χ1v) is 10.3. The van der Waals surface area contributed by atoms with E-state index in [2.05, 4.69) is 36.1 Å². The van der Waals surface area contributed by atoms with Crippen LogP contribution < -0.4 is 10.2 Å². The van der Waals surface area contributed by atoms with Gasteiger partial charge in [-0.05, 0) is 55.3 Å². The molecule has 0 unspecified atom stereocenters. The van der Waals surface area contributed by atoms with Crippen molar-refractivity contribution in [2.24, 2.45) is 5.92 Å². The minimum absolute atomic E-state index is 0.0244. The number of nitrogens with one attached hydrogen (secondary N) is 1. The number of anilines is 2. The van der Waals surface area contributed by atoms with E-state index in [1.807, 2.05) is 30.3 Å². The lowest BCUT2D eigenvalue weighted by molar-refractivity contribution is -0.120. The second-order valence-corrected chi connectivity index (χ2v) is 7.94. The molecule has 2 heterocycles. The van der Waals surface area contributed by atoms with Crippen molar-refractivity contribution >= 4 is 33.3 Å². The number of hydrogen-bond acceptors (Lipinski definition) is 4. The van der Waals surface area contributed by atoms with Gasteiger partial charge in [0.05, 0.1) is 5.69 Å². The topological polar surface area (TPSA) is 58.1 Å². The standard InChI is InChI=1S/C22H20BrFN4O/c23-17-2-1-3-19(12-17)27-22(29)16-8-10-28(11-9-16)21-13-20(25-14-26-21)15-4-6-18(24)7-5-15/h1-7,12-14,16H,8-11H2,(H,27,29). The summed E-state index contributed by atoms with van der Waals surface area (Å²) in [5.41, 5.74) is 2.40. The molecule has 5 nitrogen and oxygen atoms in total. The lowest BCUT2D eigenvalue weighted by Gasteiger charge is -2.32. The fraction of sp³-hybridized carbons (Fsp3) is 0.227. The molecule has 4 rings (SSSR count). The summed E-state index contributed by atoms with van der Waals surface area (Å²) in [4.78, 5) is 23.4. The maximum atomic E-state index is 13.2. The molecule has 2 aromatic carbocycles. The second-order valence-electron chi connectivity index (χ2n) is 7.03. The van der Waals surface area contributed by atoms with Gasteiger partial charge in [-0.25, -0.2) is 14.4 Å². The zero-order chi connectivity index (χ0) is 20.2. The summed E-state index contributed by atoms with van der Waals surface area (Å²) < 4.78 is 14.1. The Balaban J connectivity index is 1.39. The number of carbonyl (C=O) groups is 1. The van der Waals surface area contributed by atoms with Gasteiger partial charge in [0.1, 0.15) is 18.0 Å². The van der Waals surface area contributed by atoms with E-state index in [0.717, 1.165) is 53.2 Å². The van der Waals surface area contributed by atoms with Gasteiger partial charge in [-0.3, -0.25) is 4.79 Å². The molecule has 0 aliphatic carbocycles. The van der Waals surface area contributed by atoms with Crippen molar-refractivity contribution in [1.82, 2.24) is 9.97 Å². The van der Waals surface area contributed by atoms with Crippen LogP contribution in [0, 0.1) is 11.7 Å². The molecule has 3 aromatic rings. The second kappa shape index (κ2) is 8.69. The third-order valence-electron chi connectivity index (χ3n) is 5.07. The van der Waals surface area contributed by atoms with Crippen molar-refractivity contribution in [1.29, 1.82) is 0 Å². The van der Waals surface area contributed by atoms with Crippen LogP contribution in [0.5, 0.6) is 0 Å². The van der Waals surface area contributed by atoms with E-state index in [0.29, 0.717) is 0 Å². The minimum Gasteiger partial charge on any atom is -0.356 e. The van der Waals surface area contributed by atoms with Gasteiger partial charge in [-0.1, -0.05) is 22.0 Å². The van der Waals surface area contributed by atoms with Crippen molar-refractivity contribution < 1.29 is 9.18 Å². The molecular formula is C22H20BrFN4O. The van der Waals surface area contributed by atoms with E-state index >= 15 is 0 Å². The van der Waals surface area contributed by atoms with Crippen LogP contribution in [0.2, 0.25) is 0 Å². The van der Waals surface area contributed by atoms with Crippen LogP contribution in [0.3, 0.4) is 0 Å². The van der Waals surface area contributed by atoms with Crippen molar-refractivity contribution in [2.45, 2.75) is 12.8 Å². The molecule has 0 radical (unpaired) electrons. The maximum Gasteiger partial charge on any atom is 0.227 e. The number of nitrogens with zero attached hydrogens (tertiary/aromatic N) is 3. The summed E-state index contributed by atoms with van der Waals surface area (Å²) in [6.07, 6.45) is 3.05. The predicted molar refractivity (Wildman–Crippen MR) is 115 cm³/mol. The zero-order valence-corrected chi connectivity index (χ0v) is 17.3. The molecule has 1 fully saturated rings. The highest BCUT2D eigenvalue weighted by Gasteiger charge is 2.26. The number of aromatic nitrogens is 2. The highest BCUT2D eigenvalue weighted by molar-refractivity contribution is 9.10. The normalized spacial score (nSPS) is 14.6. The Morgan fingerprint density at radius 1 is 1.07 bits per heavy atom. The summed E-state index contributed by atoms with van der Waals surface area (Å²) in [5, 5.41) is 3.00. The fourth-order valence-electron chi connectivity index (χ4n) is 3.48. The number of benzene rings is 2. The number of rotatable bonds is 4. The van der Waals surface area contributed by atoms with Gasteiger partial charge in [0.15, 0.2) is 0 Å². The van der Waals surface area contributed by atoms with Gasteiger partial charge in [-0.15, -0.1) is 0 Å². The van der Waals surface area contributed by atoms with Crippen LogP contribution in [0.1, 0.15) is 12.8 Å². The fourth-order valence-corrected chi connectivity index (χ4v) is 3.88. The monoisotopic (exact) mass is 454 g/mol. The molecule has 1 aliphatic heterocycles. The Kier molecular flexibility index (Phi) is 5.85. The van der Waals surface area contributed by atoms with Crippen molar-refractivity contribution in [3.63, 3.8) is 0 Å². The van der Waals surface area contributed by atoms with E-state index < -0.39 is 0 Å². The quantitative estimate of drug-likeness (QED) is 0.608. The molecule has 1 N–H and O–H groups in total. The molecular weight excluding hydrogens is 435 g/mol. The average molecular weight is 455 g/mol. The summed E-state index contributed by atoms with van der Waals surface area (Å²) >= 11 is 3.42. The molecule has 1 aromatic heterocycles. The molecule has 0 bridgehead atoms. The van der Waals surface area contributed by atoms with E-state index in [1.54, 1.807) is 12.1 Å². The van der Waals surface area contributed by atoms with Crippen molar-refractivity contribution in [3.8, 4) is 11.3 Å². The van der Waals surface area contributed by atoms with E-state index in [-0.39, 0.29) is 17.6 Å². The first-order chi connectivity index (χ1) is 14.1. The van der Waals surface area contributed by atoms with Gasteiger partial charge in [0.2, 0.25) is 5.91 Å². The summed E-state index contributed by atoms with van der Waals surface area (Å²) in [5.74, 6) is 0.581. The lowest BCUT2D eigenvalue weighted by atomic mass is 9.95. The zero-order valence-electron chi connectivity index (χ0n) is 15.7. The van der Waals surface area contributed by atoms with E-state index in [1.165, 1.54) is 18.5 Å². The Labute approximate surface area is 177 Å². The molecule has 1 amide bonds. The van der Waals surface area contributed by atoms with Crippen LogP contribution in [0.15, 0.2) is 65.4 Å². The third kappa shape index (κ3) is 4.79. The number of carbonyl (C=O) groups excluding carboxylic acids is 1. The average Bonchev–Trinajstić information content (AvgIpc) is 2.74. The van der Waals surface area contributed by atoms with Gasteiger partial charge >= 0.3 is 0 Å². The predicted octanol–water partition coefficient (Wildman–Crippen LogP) is 4.90. The molecule has 29 heavy (non-hydrogen) atoms. The van der Waals surface area contributed by atoms with Gasteiger partial charge in [-0.2, -0.15) is 0 Å². The van der Waals surface area contributed by atoms with Gasteiger partial charge in [0, 0.05) is 40.8 Å². The Bertz CT molecular complexity index is 1000. The van der Waals surface area contributed by atoms with Crippen molar-refractivity contribution in [3.05, 3.63) is 71.2 Å². The Morgan fingerprint density at radius 2 is 1.83 bits per heavy atom. The summed E-state index contributed by atoms with van der Waals surface area (Å²) in [6, 6.07) is 15.8. The summed E-state index contributed by atoms with van der Waals surface area (Å²) in [7, 11) is 0. The summed E-state index contributed by atoms with van der Waals surface area (Å²) in [6.45, 7) is 1.49. The van der Waals surface area contributed by atoms with Crippen LogP contribution in [-0.2, 0) is 4.79 Å². The van der Waals surface area contributed by atoms with Gasteiger partial charge in [0.25, 0.3) is 0 Å². The largest absolute Gasteiger partial charge is 0.356 e. The third-order valence-corrected chi connectivity index (χ3v) is 5.57. The molecule has 0 saturated carbocycles. The molecule has 0 spiro atoms. The Hall–Kier alpha value is -2.80. The molecule has 0 atom stereocenters.